The van der Waals surface area contributed by atoms with Gasteiger partial charge in [0, 0.05) is 54.9 Å². The van der Waals surface area contributed by atoms with Gasteiger partial charge in [0.1, 0.15) is 27.3 Å². The van der Waals surface area contributed by atoms with Crippen LogP contribution in [0.2, 0.25) is 0 Å². The van der Waals surface area contributed by atoms with Gasteiger partial charge in [0.15, 0.2) is 0 Å². The maximum absolute atomic E-state index is 6.53. The molecule has 3 aromatic heterocycles. The zero-order valence-electron chi connectivity index (χ0n) is 29.9. The molecule has 0 spiro atoms. The van der Waals surface area contributed by atoms with Crippen LogP contribution in [-0.4, -0.2) is 4.98 Å². The quantitative estimate of drug-likeness (QED) is 0.177. The van der Waals surface area contributed by atoms with Gasteiger partial charge in [-0.3, -0.25) is 0 Å². The molecule has 0 aliphatic rings. The maximum atomic E-state index is 6.53. The molecule has 0 radical (unpaired) electrons. The van der Waals surface area contributed by atoms with Crippen LogP contribution in [0.3, 0.4) is 0 Å². The Kier molecular flexibility index (Phi) is 6.76. The molecule has 12 rings (SSSR count). The molecule has 0 aliphatic carbocycles. The largest absolute Gasteiger partial charge is 0.455 e. The fourth-order valence-corrected chi connectivity index (χ4v) is 9.28. The summed E-state index contributed by atoms with van der Waals surface area (Å²) in [6.45, 7) is 0. The van der Waals surface area contributed by atoms with Gasteiger partial charge in [-0.25, -0.2) is 4.98 Å². The zero-order valence-corrected chi connectivity index (χ0v) is 30.8. The van der Waals surface area contributed by atoms with Crippen LogP contribution in [0, 0.1) is 0 Å². The Morgan fingerprint density at radius 2 is 0.875 bits per heavy atom. The van der Waals surface area contributed by atoms with E-state index >= 15 is 0 Å². The van der Waals surface area contributed by atoms with Crippen LogP contribution in [0.15, 0.2) is 191 Å². The van der Waals surface area contributed by atoms with Crippen molar-refractivity contribution < 1.29 is 8.83 Å². The van der Waals surface area contributed by atoms with E-state index in [4.69, 9.17) is 13.8 Å². The second kappa shape index (κ2) is 12.2. The van der Waals surface area contributed by atoms with Crippen molar-refractivity contribution in [3.63, 3.8) is 0 Å². The predicted molar refractivity (Wildman–Crippen MR) is 235 cm³/mol. The van der Waals surface area contributed by atoms with Gasteiger partial charge in [-0.05, 0) is 94.7 Å². The van der Waals surface area contributed by atoms with E-state index in [1.54, 1.807) is 11.3 Å². The van der Waals surface area contributed by atoms with E-state index in [9.17, 15) is 0 Å². The van der Waals surface area contributed by atoms with E-state index in [-0.39, 0.29) is 0 Å². The van der Waals surface area contributed by atoms with Crippen LogP contribution in [-0.2, 0) is 0 Å². The first kappa shape index (κ1) is 31.2. The first-order valence-electron chi connectivity index (χ1n) is 18.8. The number of rotatable bonds is 5. The number of benzene rings is 9. The van der Waals surface area contributed by atoms with Gasteiger partial charge >= 0.3 is 0 Å². The molecule has 0 bridgehead atoms. The standard InChI is InChI=1S/C51H30N2O2S/c1-4-10-46-39(7-1)41-27-21-33-19-25-37(29-43(33)49(41)54-46)53(38-26-20-34-22-28-42-40-8-2-5-11-47(40)55-50(42)44(34)30-38)36-23-17-32(18-24-36)31-13-15-35(16-14-31)51-52-45-9-3-6-12-48(45)56-51/h1-30H. The number of fused-ring (bicyclic) bond motifs is 11. The Morgan fingerprint density at radius 1 is 0.393 bits per heavy atom. The number of thiazole rings is 1. The number of hydrogen-bond donors (Lipinski definition) is 0. The number of para-hydroxylation sites is 3. The van der Waals surface area contributed by atoms with Crippen LogP contribution in [0.4, 0.5) is 17.1 Å². The van der Waals surface area contributed by atoms with Crippen LogP contribution in [0.1, 0.15) is 0 Å². The smallest absolute Gasteiger partial charge is 0.143 e. The number of anilines is 3. The third kappa shape index (κ3) is 4.88. The zero-order chi connectivity index (χ0) is 36.7. The van der Waals surface area contributed by atoms with Gasteiger partial charge in [0.2, 0.25) is 0 Å². The fraction of sp³-hybridized carbons (Fsp3) is 0. The molecule has 4 nitrogen and oxygen atoms in total. The maximum Gasteiger partial charge on any atom is 0.143 e. The van der Waals surface area contributed by atoms with Crippen molar-refractivity contribution >= 4 is 104 Å². The summed E-state index contributed by atoms with van der Waals surface area (Å²) < 4.78 is 14.3. The lowest BCUT2D eigenvalue weighted by Gasteiger charge is -2.26. The minimum Gasteiger partial charge on any atom is -0.455 e. The number of nitrogens with zero attached hydrogens (tertiary/aromatic N) is 2. The minimum atomic E-state index is 0.894. The molecular weight excluding hydrogens is 705 g/mol. The lowest BCUT2D eigenvalue weighted by Crippen LogP contribution is -2.10. The first-order chi connectivity index (χ1) is 27.7. The number of aromatic nitrogens is 1. The molecule has 12 aromatic rings. The molecule has 5 heteroatoms. The Labute approximate surface area is 325 Å². The topological polar surface area (TPSA) is 42.4 Å². The summed E-state index contributed by atoms with van der Waals surface area (Å²) in [6.07, 6.45) is 0. The Bertz CT molecular complexity index is 3300. The number of hydrogen-bond acceptors (Lipinski definition) is 5. The fourth-order valence-electron chi connectivity index (χ4n) is 8.31. The molecule has 0 amide bonds. The summed E-state index contributed by atoms with van der Waals surface area (Å²) in [4.78, 5) is 7.20. The SMILES string of the molecule is c1ccc2sc(-c3ccc(-c4ccc(N(c5ccc6ccc7c8ccccc8oc7c6c5)c5ccc6ccc7c8ccccc8oc7c6c5)cc4)cc3)nc2c1. The van der Waals surface area contributed by atoms with Crippen molar-refractivity contribution in [3.8, 4) is 21.7 Å². The molecule has 0 atom stereocenters. The van der Waals surface area contributed by atoms with E-state index in [0.29, 0.717) is 0 Å². The Morgan fingerprint density at radius 3 is 1.46 bits per heavy atom. The molecule has 9 aromatic carbocycles. The lowest BCUT2D eigenvalue weighted by atomic mass is 10.0. The Balaban J connectivity index is 0.999. The van der Waals surface area contributed by atoms with Crippen molar-refractivity contribution in [2.75, 3.05) is 4.90 Å². The monoisotopic (exact) mass is 734 g/mol. The summed E-state index contributed by atoms with van der Waals surface area (Å²) in [6, 6.07) is 64.5. The summed E-state index contributed by atoms with van der Waals surface area (Å²) in [5.74, 6) is 0. The summed E-state index contributed by atoms with van der Waals surface area (Å²) in [7, 11) is 0. The minimum absolute atomic E-state index is 0.894. The highest BCUT2D eigenvalue weighted by Gasteiger charge is 2.18. The highest BCUT2D eigenvalue weighted by molar-refractivity contribution is 7.21. The van der Waals surface area contributed by atoms with Gasteiger partial charge in [-0.15, -0.1) is 11.3 Å². The van der Waals surface area contributed by atoms with Crippen molar-refractivity contribution in [2.45, 2.75) is 0 Å². The molecule has 0 saturated carbocycles. The second-order valence-electron chi connectivity index (χ2n) is 14.3. The first-order valence-corrected chi connectivity index (χ1v) is 19.6. The predicted octanol–water partition coefficient (Wildman–Crippen LogP) is 15.2. The normalized spacial score (nSPS) is 11.9. The molecule has 0 aliphatic heterocycles. The molecule has 3 heterocycles. The van der Waals surface area contributed by atoms with Crippen molar-refractivity contribution in [3.05, 3.63) is 182 Å². The van der Waals surface area contributed by atoms with Crippen molar-refractivity contribution in [1.82, 2.24) is 4.98 Å². The van der Waals surface area contributed by atoms with Crippen molar-refractivity contribution in [1.29, 1.82) is 0 Å². The summed E-state index contributed by atoms with van der Waals surface area (Å²) >= 11 is 1.73. The molecule has 0 N–H and O–H groups in total. The number of furan rings is 2. The van der Waals surface area contributed by atoms with Crippen LogP contribution in [0.25, 0.3) is 97.3 Å². The van der Waals surface area contributed by atoms with E-state index in [1.807, 2.05) is 30.3 Å². The molecule has 56 heavy (non-hydrogen) atoms. The average Bonchev–Trinajstić information content (AvgIpc) is 3.98. The van der Waals surface area contributed by atoms with Crippen LogP contribution < -0.4 is 4.90 Å². The average molecular weight is 735 g/mol. The molecule has 0 fully saturated rings. The van der Waals surface area contributed by atoms with Gasteiger partial charge in [0.25, 0.3) is 0 Å². The van der Waals surface area contributed by atoms with E-state index in [0.717, 1.165) is 110 Å². The van der Waals surface area contributed by atoms with E-state index < -0.39 is 0 Å². The third-order valence-corrected chi connectivity index (χ3v) is 12.2. The summed E-state index contributed by atoms with van der Waals surface area (Å²) in [5, 5.41) is 9.94. The molecule has 0 unspecified atom stereocenters. The second-order valence-corrected chi connectivity index (χ2v) is 15.4. The highest BCUT2D eigenvalue weighted by Crippen LogP contribution is 2.43. The van der Waals surface area contributed by atoms with Crippen LogP contribution >= 0.6 is 11.3 Å². The Hall–Kier alpha value is -7.21. The van der Waals surface area contributed by atoms with Gasteiger partial charge in [0.05, 0.1) is 10.2 Å². The molecule has 262 valence electrons. The highest BCUT2D eigenvalue weighted by atomic mass is 32.1. The van der Waals surface area contributed by atoms with Gasteiger partial charge < -0.3 is 13.7 Å². The molecule has 0 saturated heterocycles. The molecular formula is C51H30N2O2S. The third-order valence-electron chi connectivity index (χ3n) is 11.1. The van der Waals surface area contributed by atoms with E-state index in [2.05, 4.69) is 157 Å². The van der Waals surface area contributed by atoms with Crippen LogP contribution in [0.5, 0.6) is 0 Å². The van der Waals surface area contributed by atoms with E-state index in [1.165, 1.54) is 4.70 Å². The van der Waals surface area contributed by atoms with Gasteiger partial charge in [-0.2, -0.15) is 0 Å². The summed E-state index contributed by atoms with van der Waals surface area (Å²) in [5.41, 5.74) is 11.2. The lowest BCUT2D eigenvalue weighted by molar-refractivity contribution is 0.672. The van der Waals surface area contributed by atoms with Crippen molar-refractivity contribution in [2.24, 2.45) is 0 Å². The van der Waals surface area contributed by atoms with Gasteiger partial charge in [-0.1, -0.05) is 109 Å².